The van der Waals surface area contributed by atoms with Crippen molar-refractivity contribution in [2.45, 2.75) is 13.3 Å². The van der Waals surface area contributed by atoms with Crippen LogP contribution in [0.4, 0.5) is 0 Å². The van der Waals surface area contributed by atoms with Crippen LogP contribution in [0.1, 0.15) is 23.9 Å². The molecule has 0 aliphatic heterocycles. The first-order valence-electron chi connectivity index (χ1n) is 7.60. The van der Waals surface area contributed by atoms with Crippen LogP contribution >= 0.6 is 0 Å². The second kappa shape index (κ2) is 7.68. The summed E-state index contributed by atoms with van der Waals surface area (Å²) in [7, 11) is 7.03. The molecule has 2 aromatic rings. The van der Waals surface area contributed by atoms with Gasteiger partial charge in [0.2, 0.25) is 11.4 Å². The fourth-order valence-corrected chi connectivity index (χ4v) is 2.59. The molecule has 0 aliphatic carbocycles. The van der Waals surface area contributed by atoms with Crippen molar-refractivity contribution in [3.63, 3.8) is 0 Å². The van der Waals surface area contributed by atoms with Crippen molar-refractivity contribution < 1.29 is 18.8 Å². The Hall–Kier alpha value is -2.49. The molecule has 1 heterocycles. The molecular formula is C19H24NO3+. The summed E-state index contributed by atoms with van der Waals surface area (Å²) in [5.74, 6) is 2.37. The number of hydrogen-bond donors (Lipinski definition) is 0. The summed E-state index contributed by atoms with van der Waals surface area (Å²) in [6.07, 6.45) is 5.06. The number of nitrogens with zero attached hydrogens (tertiary/aromatic N) is 1. The maximum atomic E-state index is 5.42. The fraction of sp³-hybridized carbons (Fsp3) is 0.316. The Labute approximate surface area is 137 Å². The average Bonchev–Trinajstić information content (AvgIpc) is 2.59. The summed E-state index contributed by atoms with van der Waals surface area (Å²) in [5, 5.41) is 0. The number of benzene rings is 1. The lowest BCUT2D eigenvalue weighted by Crippen LogP contribution is -2.37. The molecule has 0 atom stereocenters. The van der Waals surface area contributed by atoms with Crippen molar-refractivity contribution in [3.8, 4) is 17.2 Å². The molecule has 23 heavy (non-hydrogen) atoms. The predicted molar refractivity (Wildman–Crippen MR) is 92.0 cm³/mol. The van der Waals surface area contributed by atoms with E-state index in [0.717, 1.165) is 34.9 Å². The van der Waals surface area contributed by atoms with Crippen LogP contribution in [0.5, 0.6) is 17.2 Å². The molecule has 0 fully saturated rings. The average molecular weight is 314 g/mol. The van der Waals surface area contributed by atoms with Gasteiger partial charge < -0.3 is 14.2 Å². The SMILES string of the molecule is CCc1c(OC)ccc(/C=C/c2ccc(OC)c(OC)c2)[n+]1C. The van der Waals surface area contributed by atoms with Crippen LogP contribution in [-0.4, -0.2) is 21.3 Å². The first kappa shape index (κ1) is 16.9. The van der Waals surface area contributed by atoms with Gasteiger partial charge in [0, 0.05) is 18.6 Å². The highest BCUT2D eigenvalue weighted by Crippen LogP contribution is 2.28. The van der Waals surface area contributed by atoms with Gasteiger partial charge >= 0.3 is 0 Å². The van der Waals surface area contributed by atoms with Gasteiger partial charge in [0.05, 0.1) is 21.3 Å². The number of rotatable bonds is 6. The lowest BCUT2D eigenvalue weighted by molar-refractivity contribution is -0.681. The standard InChI is InChI=1S/C19H24NO3/c1-6-16-17(21-3)12-10-15(20(16)2)9-7-14-8-11-18(22-4)19(13-14)23-5/h7-13H,6H2,1-5H3/q+1/b9-7+. The largest absolute Gasteiger partial charge is 0.493 e. The number of aromatic nitrogens is 1. The van der Waals surface area contributed by atoms with Gasteiger partial charge in [-0.2, -0.15) is 4.57 Å². The molecule has 0 radical (unpaired) electrons. The van der Waals surface area contributed by atoms with Crippen LogP contribution < -0.4 is 18.8 Å². The number of methoxy groups -OCH3 is 3. The monoisotopic (exact) mass is 314 g/mol. The van der Waals surface area contributed by atoms with E-state index in [1.807, 2.05) is 24.3 Å². The lowest BCUT2D eigenvalue weighted by Gasteiger charge is -2.08. The fourth-order valence-electron chi connectivity index (χ4n) is 2.59. The molecule has 2 rings (SSSR count). The van der Waals surface area contributed by atoms with Crippen LogP contribution in [0.15, 0.2) is 30.3 Å². The van der Waals surface area contributed by atoms with Gasteiger partial charge in [0.1, 0.15) is 7.05 Å². The number of ether oxygens (including phenoxy) is 3. The Kier molecular flexibility index (Phi) is 5.63. The summed E-state index contributed by atoms with van der Waals surface area (Å²) in [6, 6.07) is 9.92. The van der Waals surface area contributed by atoms with Gasteiger partial charge in [-0.05, 0) is 29.8 Å². The highest BCUT2D eigenvalue weighted by Gasteiger charge is 2.15. The zero-order chi connectivity index (χ0) is 16.8. The Balaban J connectivity index is 2.34. The Morgan fingerprint density at radius 3 is 2.13 bits per heavy atom. The van der Waals surface area contributed by atoms with Gasteiger partial charge in [0.25, 0.3) is 0 Å². The normalized spacial score (nSPS) is 10.8. The minimum Gasteiger partial charge on any atom is -0.493 e. The molecule has 0 aliphatic rings. The van der Waals surface area contributed by atoms with Crippen molar-refractivity contribution in [2.75, 3.05) is 21.3 Å². The smallest absolute Gasteiger partial charge is 0.223 e. The van der Waals surface area contributed by atoms with E-state index < -0.39 is 0 Å². The van der Waals surface area contributed by atoms with E-state index in [2.05, 4.69) is 36.8 Å². The highest BCUT2D eigenvalue weighted by atomic mass is 16.5. The molecular weight excluding hydrogens is 290 g/mol. The molecule has 1 aromatic carbocycles. The third-order valence-electron chi connectivity index (χ3n) is 3.89. The first-order chi connectivity index (χ1) is 11.1. The molecule has 0 saturated carbocycles. The Morgan fingerprint density at radius 2 is 1.52 bits per heavy atom. The van der Waals surface area contributed by atoms with Crippen LogP contribution in [0, 0.1) is 0 Å². The minimum atomic E-state index is 0.725. The van der Waals surface area contributed by atoms with Crippen molar-refractivity contribution in [1.82, 2.24) is 0 Å². The Bertz CT molecular complexity index is 708. The van der Waals surface area contributed by atoms with E-state index in [-0.39, 0.29) is 0 Å². The molecule has 0 amide bonds. The van der Waals surface area contributed by atoms with Crippen molar-refractivity contribution in [3.05, 3.63) is 47.3 Å². The van der Waals surface area contributed by atoms with E-state index in [4.69, 9.17) is 14.2 Å². The maximum Gasteiger partial charge on any atom is 0.223 e. The van der Waals surface area contributed by atoms with Crippen LogP contribution in [-0.2, 0) is 13.5 Å². The van der Waals surface area contributed by atoms with Gasteiger partial charge in [0.15, 0.2) is 17.2 Å². The van der Waals surface area contributed by atoms with Gasteiger partial charge in [-0.25, -0.2) is 0 Å². The zero-order valence-corrected chi connectivity index (χ0v) is 14.4. The summed E-state index contributed by atoms with van der Waals surface area (Å²) in [6.45, 7) is 2.12. The molecule has 0 bridgehead atoms. The molecule has 0 spiro atoms. The van der Waals surface area contributed by atoms with Gasteiger partial charge in [-0.15, -0.1) is 0 Å². The van der Waals surface area contributed by atoms with E-state index in [1.165, 1.54) is 5.69 Å². The molecule has 1 aromatic heterocycles. The van der Waals surface area contributed by atoms with Gasteiger partial charge in [-0.3, -0.25) is 0 Å². The molecule has 4 heteroatoms. The topological polar surface area (TPSA) is 31.6 Å². The summed E-state index contributed by atoms with van der Waals surface area (Å²) < 4.78 is 18.2. The van der Waals surface area contributed by atoms with E-state index in [9.17, 15) is 0 Å². The van der Waals surface area contributed by atoms with Crippen LogP contribution in [0.3, 0.4) is 0 Å². The second-order valence-corrected chi connectivity index (χ2v) is 5.13. The molecule has 0 unspecified atom stereocenters. The summed E-state index contributed by atoms with van der Waals surface area (Å²) in [5.41, 5.74) is 3.33. The molecule has 122 valence electrons. The Morgan fingerprint density at radius 1 is 0.870 bits per heavy atom. The predicted octanol–water partition coefficient (Wildman–Crippen LogP) is 3.27. The molecule has 0 N–H and O–H groups in total. The zero-order valence-electron chi connectivity index (χ0n) is 14.4. The highest BCUT2D eigenvalue weighted by molar-refractivity contribution is 5.68. The van der Waals surface area contributed by atoms with Crippen molar-refractivity contribution in [1.29, 1.82) is 0 Å². The lowest BCUT2D eigenvalue weighted by atomic mass is 10.1. The van der Waals surface area contributed by atoms with E-state index >= 15 is 0 Å². The van der Waals surface area contributed by atoms with E-state index in [1.54, 1.807) is 21.3 Å². The quantitative estimate of drug-likeness (QED) is 0.767. The first-order valence-corrected chi connectivity index (χ1v) is 7.60. The molecule has 4 nitrogen and oxygen atoms in total. The van der Waals surface area contributed by atoms with Crippen molar-refractivity contribution in [2.24, 2.45) is 7.05 Å². The summed E-state index contributed by atoms with van der Waals surface area (Å²) in [4.78, 5) is 0. The third-order valence-corrected chi connectivity index (χ3v) is 3.89. The molecule has 0 saturated heterocycles. The minimum absolute atomic E-state index is 0.725. The van der Waals surface area contributed by atoms with Crippen LogP contribution in [0.25, 0.3) is 12.2 Å². The van der Waals surface area contributed by atoms with Crippen LogP contribution in [0.2, 0.25) is 0 Å². The number of hydrogen-bond acceptors (Lipinski definition) is 3. The maximum absolute atomic E-state index is 5.42. The van der Waals surface area contributed by atoms with Gasteiger partial charge in [-0.1, -0.05) is 13.0 Å². The third kappa shape index (κ3) is 3.65. The number of pyridine rings is 1. The van der Waals surface area contributed by atoms with E-state index in [0.29, 0.717) is 0 Å². The second-order valence-electron chi connectivity index (χ2n) is 5.13. The summed E-state index contributed by atoms with van der Waals surface area (Å²) >= 11 is 0. The van der Waals surface area contributed by atoms with Crippen molar-refractivity contribution >= 4 is 12.2 Å².